The summed E-state index contributed by atoms with van der Waals surface area (Å²) in [5.41, 5.74) is 0. The second-order valence-corrected chi connectivity index (χ2v) is 2.40. The molecule has 1 aromatic carbocycles. The predicted molar refractivity (Wildman–Crippen MR) is 41.6 cm³/mol. The van der Waals surface area contributed by atoms with Crippen molar-refractivity contribution in [2.45, 2.75) is 0 Å². The van der Waals surface area contributed by atoms with Crippen LogP contribution in [0.15, 0.2) is 28.7 Å². The van der Waals surface area contributed by atoms with Crippen molar-refractivity contribution in [2.24, 2.45) is 0 Å². The molecule has 0 aromatic heterocycles. The largest absolute Gasteiger partial charge is 0.508 e. The van der Waals surface area contributed by atoms with Gasteiger partial charge in [0, 0.05) is 55.9 Å². The molecule has 9 heavy (non-hydrogen) atoms. The van der Waals surface area contributed by atoms with E-state index in [2.05, 4.69) is 15.9 Å². The van der Waals surface area contributed by atoms with Crippen molar-refractivity contribution in [1.82, 2.24) is 0 Å². The summed E-state index contributed by atoms with van der Waals surface area (Å²) in [6.45, 7) is 0. The van der Waals surface area contributed by atoms with E-state index in [4.69, 9.17) is 5.11 Å². The number of hydrogen-bond acceptors (Lipinski definition) is 1. The summed E-state index contributed by atoms with van der Waals surface area (Å²) in [6, 6.07) is 6.91. The molecule has 43 valence electrons. The maximum atomic E-state index is 8.78. The second kappa shape index (κ2) is 4.88. The smallest absolute Gasteiger partial charge is 0.116 e. The molecular formula is C6H5BrKO. The van der Waals surface area contributed by atoms with Crippen molar-refractivity contribution < 1.29 is 5.11 Å². The number of benzene rings is 1. The summed E-state index contributed by atoms with van der Waals surface area (Å²) in [5.74, 6) is 0.291. The summed E-state index contributed by atoms with van der Waals surface area (Å²) in [5, 5.41) is 8.78. The van der Waals surface area contributed by atoms with Crippen molar-refractivity contribution in [2.75, 3.05) is 0 Å². The Labute approximate surface area is 105 Å². The summed E-state index contributed by atoms with van der Waals surface area (Å²) in [6.07, 6.45) is 0. The standard InChI is InChI=1S/C6H5BrO.K/c7-5-2-1-3-6(8)4-5;/h1-4,8H;. The van der Waals surface area contributed by atoms with E-state index in [1.165, 1.54) is 0 Å². The minimum absolute atomic E-state index is 0. The van der Waals surface area contributed by atoms with Gasteiger partial charge in [-0.25, -0.2) is 0 Å². The van der Waals surface area contributed by atoms with Gasteiger partial charge in [0.25, 0.3) is 0 Å². The first-order valence-corrected chi connectivity index (χ1v) is 3.03. The van der Waals surface area contributed by atoms with E-state index >= 15 is 0 Å². The van der Waals surface area contributed by atoms with E-state index in [1.54, 1.807) is 18.2 Å². The second-order valence-electron chi connectivity index (χ2n) is 1.48. The van der Waals surface area contributed by atoms with E-state index in [0.29, 0.717) is 5.75 Å². The molecule has 0 saturated carbocycles. The van der Waals surface area contributed by atoms with Gasteiger partial charge in [-0.3, -0.25) is 0 Å². The van der Waals surface area contributed by atoms with Gasteiger partial charge in [-0.05, 0) is 18.2 Å². The fourth-order valence-electron chi connectivity index (χ4n) is 0.476. The number of aromatic hydroxyl groups is 1. The van der Waals surface area contributed by atoms with E-state index in [9.17, 15) is 0 Å². The molecule has 0 amide bonds. The summed E-state index contributed by atoms with van der Waals surface area (Å²) in [7, 11) is 0. The van der Waals surface area contributed by atoms with Crippen LogP contribution in [0.4, 0.5) is 0 Å². The van der Waals surface area contributed by atoms with E-state index in [0.717, 1.165) is 4.47 Å². The molecule has 1 N–H and O–H groups in total. The monoisotopic (exact) mass is 211 g/mol. The van der Waals surface area contributed by atoms with Crippen LogP contribution in [-0.4, -0.2) is 56.5 Å². The molecule has 1 nitrogen and oxygen atoms in total. The van der Waals surface area contributed by atoms with Gasteiger partial charge >= 0.3 is 0 Å². The van der Waals surface area contributed by atoms with Crippen molar-refractivity contribution in [3.05, 3.63) is 28.7 Å². The third-order valence-corrected chi connectivity index (χ3v) is 1.30. The Kier molecular flexibility index (Phi) is 5.49. The quantitative estimate of drug-likeness (QED) is 0.650. The Morgan fingerprint density at radius 2 is 2.00 bits per heavy atom. The Morgan fingerprint density at radius 1 is 1.33 bits per heavy atom. The molecule has 0 aliphatic carbocycles. The zero-order valence-electron chi connectivity index (χ0n) is 5.13. The molecule has 0 bridgehead atoms. The van der Waals surface area contributed by atoms with Crippen LogP contribution in [-0.2, 0) is 0 Å². The van der Waals surface area contributed by atoms with Crippen LogP contribution >= 0.6 is 15.9 Å². The molecule has 1 radical (unpaired) electrons. The molecule has 1 aromatic rings. The number of hydrogen-bond donors (Lipinski definition) is 1. The molecule has 0 saturated heterocycles. The maximum absolute atomic E-state index is 8.78. The van der Waals surface area contributed by atoms with Crippen LogP contribution in [0.3, 0.4) is 0 Å². The van der Waals surface area contributed by atoms with Crippen LogP contribution < -0.4 is 0 Å². The van der Waals surface area contributed by atoms with Gasteiger partial charge in [0.2, 0.25) is 0 Å². The molecule has 1 rings (SSSR count). The van der Waals surface area contributed by atoms with Gasteiger partial charge in [0.05, 0.1) is 0 Å². The third kappa shape index (κ3) is 3.75. The molecule has 0 heterocycles. The van der Waals surface area contributed by atoms with E-state index in [1.807, 2.05) is 6.07 Å². The third-order valence-electron chi connectivity index (χ3n) is 0.808. The number of phenols is 1. The van der Waals surface area contributed by atoms with Crippen molar-refractivity contribution >= 4 is 67.3 Å². The number of halogens is 1. The molecule has 0 aliphatic rings. The molecule has 0 aliphatic heterocycles. The molecule has 0 fully saturated rings. The first-order valence-electron chi connectivity index (χ1n) is 2.23. The predicted octanol–water partition coefficient (Wildman–Crippen LogP) is 1.77. The first-order chi connectivity index (χ1) is 3.79. The van der Waals surface area contributed by atoms with Gasteiger partial charge in [-0.2, -0.15) is 0 Å². The molecule has 3 heteroatoms. The summed E-state index contributed by atoms with van der Waals surface area (Å²) in [4.78, 5) is 0. The van der Waals surface area contributed by atoms with Gasteiger partial charge in [0.15, 0.2) is 0 Å². The van der Waals surface area contributed by atoms with Crippen molar-refractivity contribution in [1.29, 1.82) is 0 Å². The Balaban J connectivity index is 0.000000640. The SMILES string of the molecule is Oc1cccc(Br)c1.[K]. The topological polar surface area (TPSA) is 20.2 Å². The van der Waals surface area contributed by atoms with Crippen LogP contribution in [0.2, 0.25) is 0 Å². The van der Waals surface area contributed by atoms with E-state index < -0.39 is 0 Å². The van der Waals surface area contributed by atoms with Crippen LogP contribution in [0.25, 0.3) is 0 Å². The van der Waals surface area contributed by atoms with Gasteiger partial charge in [0.1, 0.15) is 5.75 Å². The van der Waals surface area contributed by atoms with Gasteiger partial charge in [-0.1, -0.05) is 22.0 Å². The maximum Gasteiger partial charge on any atom is 0.116 e. The van der Waals surface area contributed by atoms with Crippen LogP contribution in [0, 0.1) is 0 Å². The number of rotatable bonds is 0. The fraction of sp³-hybridized carbons (Fsp3) is 0. The number of phenolic OH excluding ortho intramolecular Hbond substituents is 1. The Bertz CT molecular complexity index is 173. The molecule has 0 spiro atoms. The first kappa shape index (κ1) is 10.1. The zero-order chi connectivity index (χ0) is 5.98. The summed E-state index contributed by atoms with van der Waals surface area (Å²) < 4.78 is 0.900. The molecular weight excluding hydrogens is 207 g/mol. The molecule has 0 atom stereocenters. The minimum atomic E-state index is 0. The van der Waals surface area contributed by atoms with Crippen LogP contribution in [0.1, 0.15) is 0 Å². The van der Waals surface area contributed by atoms with E-state index in [-0.39, 0.29) is 51.4 Å². The van der Waals surface area contributed by atoms with Crippen LogP contribution in [0.5, 0.6) is 5.75 Å². The normalized spacial score (nSPS) is 8.11. The summed E-state index contributed by atoms with van der Waals surface area (Å²) >= 11 is 3.20. The fourth-order valence-corrected chi connectivity index (χ4v) is 0.863. The Hall–Kier alpha value is 1.14. The Morgan fingerprint density at radius 3 is 2.33 bits per heavy atom. The van der Waals surface area contributed by atoms with Crippen molar-refractivity contribution in [3.63, 3.8) is 0 Å². The van der Waals surface area contributed by atoms with Gasteiger partial charge in [-0.15, -0.1) is 0 Å². The molecule has 0 unspecified atom stereocenters. The zero-order valence-corrected chi connectivity index (χ0v) is 9.84. The average Bonchev–Trinajstić information content (AvgIpc) is 1.64. The van der Waals surface area contributed by atoms with Crippen molar-refractivity contribution in [3.8, 4) is 5.75 Å². The minimum Gasteiger partial charge on any atom is -0.508 e. The van der Waals surface area contributed by atoms with Gasteiger partial charge < -0.3 is 5.11 Å². The average molecular weight is 212 g/mol.